The van der Waals surface area contributed by atoms with Gasteiger partial charge in [-0.25, -0.2) is 9.97 Å². The number of hydrogen-bond acceptors (Lipinski definition) is 3. The highest BCUT2D eigenvalue weighted by Crippen LogP contribution is 2.25. The van der Waals surface area contributed by atoms with E-state index in [0.29, 0.717) is 0 Å². The van der Waals surface area contributed by atoms with Gasteiger partial charge in [0.25, 0.3) is 0 Å². The lowest BCUT2D eigenvalue weighted by Gasteiger charge is -2.00. The van der Waals surface area contributed by atoms with Gasteiger partial charge < -0.3 is 4.98 Å². The number of para-hydroxylation sites is 2. The van der Waals surface area contributed by atoms with E-state index in [-0.39, 0.29) is 0 Å². The summed E-state index contributed by atoms with van der Waals surface area (Å²) in [6.07, 6.45) is 0. The van der Waals surface area contributed by atoms with E-state index in [9.17, 15) is 0 Å². The number of benzene rings is 2. The first-order chi connectivity index (χ1) is 12.9. The molecule has 0 fully saturated rings. The van der Waals surface area contributed by atoms with Crippen LogP contribution in [0.3, 0.4) is 0 Å². The molecule has 0 aliphatic rings. The second-order valence-corrected chi connectivity index (χ2v) is 6.04. The quantitative estimate of drug-likeness (QED) is 0.502. The van der Waals surface area contributed by atoms with E-state index in [0.717, 1.165) is 45.2 Å². The number of pyridine rings is 1. The molecule has 0 aliphatic heterocycles. The minimum atomic E-state index is 0.760. The Morgan fingerprint density at radius 2 is 1.46 bits per heavy atom. The zero-order valence-electron chi connectivity index (χ0n) is 13.8. The number of rotatable bonds is 3. The SMILES string of the molecule is c1ccc(-c2cc(-c3cccc(-c4nc5ccccc5[nH]4)n3)[nH]n2)cc1. The molecule has 0 amide bonds. The molecule has 26 heavy (non-hydrogen) atoms. The van der Waals surface area contributed by atoms with Crippen molar-refractivity contribution in [1.82, 2.24) is 25.1 Å². The maximum absolute atomic E-state index is 4.75. The summed E-state index contributed by atoms with van der Waals surface area (Å²) in [6.45, 7) is 0. The zero-order chi connectivity index (χ0) is 17.3. The molecule has 0 unspecified atom stereocenters. The van der Waals surface area contributed by atoms with Gasteiger partial charge in [0.05, 0.1) is 28.1 Å². The Kier molecular flexibility index (Phi) is 3.35. The molecule has 0 bridgehead atoms. The molecular formula is C21H15N5. The van der Waals surface area contributed by atoms with Crippen molar-refractivity contribution >= 4 is 11.0 Å². The summed E-state index contributed by atoms with van der Waals surface area (Å²) in [5.74, 6) is 0.760. The third-order valence-corrected chi connectivity index (χ3v) is 4.30. The fourth-order valence-corrected chi connectivity index (χ4v) is 3.00. The first-order valence-electron chi connectivity index (χ1n) is 8.40. The van der Waals surface area contributed by atoms with Crippen LogP contribution in [0.2, 0.25) is 0 Å². The normalized spacial score (nSPS) is 11.1. The largest absolute Gasteiger partial charge is 0.337 e. The lowest BCUT2D eigenvalue weighted by Crippen LogP contribution is -1.89. The van der Waals surface area contributed by atoms with Crippen LogP contribution in [0, 0.1) is 0 Å². The van der Waals surface area contributed by atoms with Gasteiger partial charge in [-0.2, -0.15) is 5.10 Å². The maximum atomic E-state index is 4.75. The van der Waals surface area contributed by atoms with E-state index >= 15 is 0 Å². The van der Waals surface area contributed by atoms with E-state index in [1.807, 2.05) is 78.9 Å². The molecule has 5 nitrogen and oxygen atoms in total. The summed E-state index contributed by atoms with van der Waals surface area (Å²) in [6, 6.07) is 26.0. The van der Waals surface area contributed by atoms with Crippen molar-refractivity contribution in [1.29, 1.82) is 0 Å². The highest BCUT2D eigenvalue weighted by molar-refractivity contribution is 5.79. The molecule has 0 aliphatic carbocycles. The molecule has 0 saturated heterocycles. The van der Waals surface area contributed by atoms with Crippen LogP contribution in [0.4, 0.5) is 0 Å². The van der Waals surface area contributed by atoms with Crippen LogP contribution in [-0.2, 0) is 0 Å². The van der Waals surface area contributed by atoms with Crippen LogP contribution in [0.1, 0.15) is 0 Å². The predicted octanol–water partition coefficient (Wildman–Crippen LogP) is 4.68. The van der Waals surface area contributed by atoms with E-state index in [1.165, 1.54) is 0 Å². The van der Waals surface area contributed by atoms with Gasteiger partial charge in [-0.05, 0) is 30.3 Å². The summed E-state index contributed by atoms with van der Waals surface area (Å²) < 4.78 is 0. The fourth-order valence-electron chi connectivity index (χ4n) is 3.00. The smallest absolute Gasteiger partial charge is 0.157 e. The number of imidazole rings is 1. The average Bonchev–Trinajstić information content (AvgIpc) is 3.36. The van der Waals surface area contributed by atoms with E-state index in [1.54, 1.807) is 0 Å². The highest BCUT2D eigenvalue weighted by Gasteiger charge is 2.10. The van der Waals surface area contributed by atoms with Crippen LogP contribution in [0.5, 0.6) is 0 Å². The van der Waals surface area contributed by atoms with Crippen LogP contribution >= 0.6 is 0 Å². The Bertz CT molecular complexity index is 1150. The summed E-state index contributed by atoms with van der Waals surface area (Å²) >= 11 is 0. The molecule has 0 spiro atoms. The van der Waals surface area contributed by atoms with Crippen molar-refractivity contribution in [3.05, 3.63) is 78.9 Å². The monoisotopic (exact) mass is 337 g/mol. The number of nitrogens with one attached hydrogen (secondary N) is 2. The molecule has 3 aromatic heterocycles. The molecule has 5 heteroatoms. The summed E-state index contributed by atoms with van der Waals surface area (Å²) in [5.41, 5.74) is 6.42. The first-order valence-corrected chi connectivity index (χ1v) is 8.40. The van der Waals surface area contributed by atoms with Crippen molar-refractivity contribution in [3.8, 4) is 34.2 Å². The first kappa shape index (κ1) is 14.6. The second kappa shape index (κ2) is 5.97. The molecule has 2 aromatic carbocycles. The van der Waals surface area contributed by atoms with Crippen LogP contribution in [0.25, 0.3) is 45.2 Å². The van der Waals surface area contributed by atoms with E-state index in [4.69, 9.17) is 4.98 Å². The number of fused-ring (bicyclic) bond motifs is 1. The molecule has 3 heterocycles. The molecule has 5 aromatic rings. The summed E-state index contributed by atoms with van der Waals surface area (Å²) in [5, 5.41) is 7.49. The van der Waals surface area contributed by atoms with Crippen molar-refractivity contribution in [2.75, 3.05) is 0 Å². The molecule has 5 rings (SSSR count). The number of hydrogen-bond donors (Lipinski definition) is 2. The number of aromatic nitrogens is 5. The Morgan fingerprint density at radius 1 is 0.654 bits per heavy atom. The number of nitrogens with zero attached hydrogens (tertiary/aromatic N) is 3. The van der Waals surface area contributed by atoms with Crippen molar-refractivity contribution < 1.29 is 0 Å². The third-order valence-electron chi connectivity index (χ3n) is 4.30. The Morgan fingerprint density at radius 3 is 2.35 bits per heavy atom. The van der Waals surface area contributed by atoms with Gasteiger partial charge in [0.1, 0.15) is 5.69 Å². The Hall–Kier alpha value is -3.73. The van der Waals surface area contributed by atoms with Gasteiger partial charge in [0.2, 0.25) is 0 Å². The van der Waals surface area contributed by atoms with Gasteiger partial charge in [-0.1, -0.05) is 48.5 Å². The van der Waals surface area contributed by atoms with Crippen LogP contribution in [0.15, 0.2) is 78.9 Å². The van der Waals surface area contributed by atoms with Gasteiger partial charge in [-0.15, -0.1) is 0 Å². The second-order valence-electron chi connectivity index (χ2n) is 6.04. The van der Waals surface area contributed by atoms with Crippen LogP contribution < -0.4 is 0 Å². The van der Waals surface area contributed by atoms with Gasteiger partial charge in [0.15, 0.2) is 5.82 Å². The van der Waals surface area contributed by atoms with Gasteiger partial charge in [0, 0.05) is 5.56 Å². The molecular weight excluding hydrogens is 322 g/mol. The zero-order valence-corrected chi connectivity index (χ0v) is 13.8. The van der Waals surface area contributed by atoms with Crippen molar-refractivity contribution in [2.45, 2.75) is 0 Å². The molecule has 0 atom stereocenters. The minimum Gasteiger partial charge on any atom is -0.337 e. The molecule has 0 radical (unpaired) electrons. The standard InChI is InChI=1S/C21H15N5/c1-2-7-14(8-3-1)19-13-20(26-25-19)17-11-6-12-18(22-17)21-23-15-9-4-5-10-16(15)24-21/h1-13H,(H,23,24)(H,25,26). The minimum absolute atomic E-state index is 0.760. The fraction of sp³-hybridized carbons (Fsp3) is 0. The predicted molar refractivity (Wildman–Crippen MR) is 102 cm³/mol. The number of aromatic amines is 2. The van der Waals surface area contributed by atoms with Crippen molar-refractivity contribution in [3.63, 3.8) is 0 Å². The van der Waals surface area contributed by atoms with Gasteiger partial charge in [-0.3, -0.25) is 5.10 Å². The lowest BCUT2D eigenvalue weighted by atomic mass is 10.1. The lowest BCUT2D eigenvalue weighted by molar-refractivity contribution is 1.09. The highest BCUT2D eigenvalue weighted by atomic mass is 15.1. The molecule has 2 N–H and O–H groups in total. The summed E-state index contributed by atoms with van der Waals surface area (Å²) in [7, 11) is 0. The van der Waals surface area contributed by atoms with Crippen LogP contribution in [-0.4, -0.2) is 25.1 Å². The Balaban J connectivity index is 1.53. The molecule has 0 saturated carbocycles. The maximum Gasteiger partial charge on any atom is 0.157 e. The topological polar surface area (TPSA) is 70.2 Å². The number of H-pyrrole nitrogens is 2. The van der Waals surface area contributed by atoms with E-state index < -0.39 is 0 Å². The van der Waals surface area contributed by atoms with E-state index in [2.05, 4.69) is 20.2 Å². The van der Waals surface area contributed by atoms with Gasteiger partial charge >= 0.3 is 0 Å². The third kappa shape index (κ3) is 2.56. The molecule has 124 valence electrons. The average molecular weight is 337 g/mol. The van der Waals surface area contributed by atoms with Crippen molar-refractivity contribution in [2.24, 2.45) is 0 Å². The summed E-state index contributed by atoms with van der Waals surface area (Å²) in [4.78, 5) is 12.7. The Labute approximate surface area is 149 Å².